The predicted octanol–water partition coefficient (Wildman–Crippen LogP) is -0.175. The fourth-order valence-electron chi connectivity index (χ4n) is 1.04. The molecule has 0 heterocycles. The zero-order chi connectivity index (χ0) is 11.3. The first-order valence-electron chi connectivity index (χ1n) is 5.43. The van der Waals surface area contributed by atoms with E-state index in [1.54, 1.807) is 0 Å². The molecule has 15 heavy (non-hydrogen) atoms. The third-order valence-electron chi connectivity index (χ3n) is 2.15. The highest BCUT2D eigenvalue weighted by Gasteiger charge is 2.21. The van der Waals surface area contributed by atoms with Crippen molar-refractivity contribution in [2.75, 3.05) is 13.1 Å². The average molecular weight is 212 g/mol. The van der Waals surface area contributed by atoms with E-state index in [9.17, 15) is 4.79 Å². The Labute approximate surface area is 90.5 Å². The molecular formula is C10H20N4O. The van der Waals surface area contributed by atoms with Gasteiger partial charge in [0.05, 0.1) is 6.54 Å². The number of nitrogens with one attached hydrogen (secondary N) is 2. The van der Waals surface area contributed by atoms with Gasteiger partial charge in [0, 0.05) is 18.5 Å². The van der Waals surface area contributed by atoms with Crippen LogP contribution in [-0.4, -0.2) is 31.0 Å². The molecule has 0 unspecified atom stereocenters. The Morgan fingerprint density at radius 3 is 2.73 bits per heavy atom. The Morgan fingerprint density at radius 2 is 2.20 bits per heavy atom. The van der Waals surface area contributed by atoms with Gasteiger partial charge in [0.25, 0.3) is 0 Å². The van der Waals surface area contributed by atoms with Crippen LogP contribution in [0.5, 0.6) is 0 Å². The van der Waals surface area contributed by atoms with Gasteiger partial charge in [0.15, 0.2) is 5.96 Å². The lowest BCUT2D eigenvalue weighted by atomic mass is 10.2. The number of guanidine groups is 1. The molecule has 1 fully saturated rings. The van der Waals surface area contributed by atoms with Crippen LogP contribution in [0.3, 0.4) is 0 Å². The minimum atomic E-state index is 0.0240. The number of amides is 1. The molecule has 0 radical (unpaired) electrons. The minimum absolute atomic E-state index is 0.0240. The predicted molar refractivity (Wildman–Crippen MR) is 60.5 cm³/mol. The normalized spacial score (nSPS) is 16.6. The Bertz CT molecular complexity index is 246. The molecule has 5 heteroatoms. The summed E-state index contributed by atoms with van der Waals surface area (Å²) in [6, 6.07) is 0.527. The maximum atomic E-state index is 11.2. The van der Waals surface area contributed by atoms with Crippen LogP contribution in [0.4, 0.5) is 0 Å². The van der Waals surface area contributed by atoms with E-state index in [0.29, 0.717) is 25.1 Å². The number of carbonyl (C=O) groups excluding carboxylic acids is 1. The summed E-state index contributed by atoms with van der Waals surface area (Å²) < 4.78 is 0. The van der Waals surface area contributed by atoms with Crippen molar-refractivity contribution >= 4 is 11.9 Å². The van der Waals surface area contributed by atoms with Gasteiger partial charge in [-0.25, -0.2) is 0 Å². The lowest BCUT2D eigenvalue weighted by molar-refractivity contribution is -0.123. The van der Waals surface area contributed by atoms with Gasteiger partial charge in [-0.15, -0.1) is 0 Å². The molecule has 1 aliphatic carbocycles. The maximum absolute atomic E-state index is 11.2. The molecule has 1 amide bonds. The minimum Gasteiger partial charge on any atom is -0.370 e. The van der Waals surface area contributed by atoms with Crippen LogP contribution in [0.1, 0.15) is 26.7 Å². The summed E-state index contributed by atoms with van der Waals surface area (Å²) in [6.07, 6.45) is 2.36. The molecule has 5 nitrogen and oxygen atoms in total. The summed E-state index contributed by atoms with van der Waals surface area (Å²) in [6.45, 7) is 4.80. The third-order valence-corrected chi connectivity index (χ3v) is 2.15. The van der Waals surface area contributed by atoms with Gasteiger partial charge in [-0.05, 0) is 12.8 Å². The quantitative estimate of drug-likeness (QED) is 0.336. The molecule has 0 aromatic rings. The van der Waals surface area contributed by atoms with Crippen molar-refractivity contribution in [2.24, 2.45) is 16.6 Å². The van der Waals surface area contributed by atoms with Gasteiger partial charge in [-0.1, -0.05) is 13.8 Å². The number of hydrogen-bond acceptors (Lipinski definition) is 2. The van der Waals surface area contributed by atoms with Crippen LogP contribution >= 0.6 is 0 Å². The van der Waals surface area contributed by atoms with E-state index in [4.69, 9.17) is 5.73 Å². The van der Waals surface area contributed by atoms with E-state index in [0.717, 1.165) is 0 Å². The highest BCUT2D eigenvalue weighted by atomic mass is 16.1. The van der Waals surface area contributed by atoms with Gasteiger partial charge in [0.2, 0.25) is 5.91 Å². The second-order valence-corrected chi connectivity index (χ2v) is 4.13. The monoisotopic (exact) mass is 212 g/mol. The molecule has 0 aliphatic heterocycles. The van der Waals surface area contributed by atoms with Crippen molar-refractivity contribution in [1.82, 2.24) is 10.6 Å². The second-order valence-electron chi connectivity index (χ2n) is 4.13. The van der Waals surface area contributed by atoms with Crippen LogP contribution in [0, 0.1) is 5.92 Å². The zero-order valence-electron chi connectivity index (χ0n) is 9.42. The number of carbonyl (C=O) groups is 1. The standard InChI is InChI=1S/C10H20N4O/c1-7(2)9(15)12-5-6-13-10(11)14-8-3-4-8/h7-8H,3-6H2,1-2H3,(H,12,15)(H3,11,13,14). The summed E-state index contributed by atoms with van der Waals surface area (Å²) in [5.74, 6) is 0.561. The lowest BCUT2D eigenvalue weighted by Gasteiger charge is -2.06. The van der Waals surface area contributed by atoms with E-state index in [1.165, 1.54) is 12.8 Å². The SMILES string of the molecule is CC(C)C(=O)NCCN=C(N)NC1CC1. The topological polar surface area (TPSA) is 79.5 Å². The summed E-state index contributed by atoms with van der Waals surface area (Å²) in [4.78, 5) is 15.3. The van der Waals surface area contributed by atoms with Gasteiger partial charge in [-0.3, -0.25) is 9.79 Å². The van der Waals surface area contributed by atoms with Crippen molar-refractivity contribution in [2.45, 2.75) is 32.7 Å². The molecule has 0 bridgehead atoms. The fraction of sp³-hybridized carbons (Fsp3) is 0.800. The molecule has 0 saturated heterocycles. The van der Waals surface area contributed by atoms with Gasteiger partial charge in [-0.2, -0.15) is 0 Å². The van der Waals surface area contributed by atoms with Crippen LogP contribution < -0.4 is 16.4 Å². The Hall–Kier alpha value is -1.26. The lowest BCUT2D eigenvalue weighted by Crippen LogP contribution is -2.35. The number of nitrogens with two attached hydrogens (primary N) is 1. The van der Waals surface area contributed by atoms with E-state index in [1.807, 2.05) is 13.8 Å². The molecule has 0 atom stereocenters. The van der Waals surface area contributed by atoms with Gasteiger partial charge < -0.3 is 16.4 Å². The summed E-state index contributed by atoms with van der Waals surface area (Å²) in [5.41, 5.74) is 5.62. The van der Waals surface area contributed by atoms with Crippen molar-refractivity contribution in [1.29, 1.82) is 0 Å². The number of rotatable bonds is 5. The highest BCUT2D eigenvalue weighted by Crippen LogP contribution is 2.17. The van der Waals surface area contributed by atoms with Crippen LogP contribution in [-0.2, 0) is 4.79 Å². The summed E-state index contributed by atoms with van der Waals surface area (Å²) in [7, 11) is 0. The number of hydrogen-bond donors (Lipinski definition) is 3. The molecular weight excluding hydrogens is 192 g/mol. The Balaban J connectivity index is 2.06. The molecule has 0 aromatic heterocycles. The van der Waals surface area contributed by atoms with Crippen molar-refractivity contribution in [3.8, 4) is 0 Å². The first kappa shape index (κ1) is 11.8. The van der Waals surface area contributed by atoms with Gasteiger partial charge in [0.1, 0.15) is 0 Å². The highest BCUT2D eigenvalue weighted by molar-refractivity contribution is 5.79. The first-order valence-corrected chi connectivity index (χ1v) is 5.43. The number of aliphatic imine (C=N–C) groups is 1. The molecule has 1 rings (SSSR count). The molecule has 0 aromatic carbocycles. The van der Waals surface area contributed by atoms with Crippen molar-refractivity contribution in [3.05, 3.63) is 0 Å². The van der Waals surface area contributed by atoms with Crippen molar-refractivity contribution in [3.63, 3.8) is 0 Å². The second kappa shape index (κ2) is 5.58. The molecule has 1 aliphatic rings. The summed E-state index contributed by atoms with van der Waals surface area (Å²) in [5, 5.41) is 5.86. The van der Waals surface area contributed by atoms with Gasteiger partial charge >= 0.3 is 0 Å². The van der Waals surface area contributed by atoms with Crippen molar-refractivity contribution < 1.29 is 4.79 Å². The molecule has 4 N–H and O–H groups in total. The van der Waals surface area contributed by atoms with E-state index >= 15 is 0 Å². The van der Waals surface area contributed by atoms with E-state index in [2.05, 4.69) is 15.6 Å². The van der Waals surface area contributed by atoms with E-state index < -0.39 is 0 Å². The molecule has 1 saturated carbocycles. The fourth-order valence-corrected chi connectivity index (χ4v) is 1.04. The number of nitrogens with zero attached hydrogens (tertiary/aromatic N) is 1. The van der Waals surface area contributed by atoms with Crippen LogP contribution in [0.2, 0.25) is 0 Å². The van der Waals surface area contributed by atoms with Crippen LogP contribution in [0.15, 0.2) is 4.99 Å². The van der Waals surface area contributed by atoms with E-state index in [-0.39, 0.29) is 11.8 Å². The third kappa shape index (κ3) is 5.24. The molecule has 86 valence electrons. The first-order chi connectivity index (χ1) is 7.09. The largest absolute Gasteiger partial charge is 0.370 e. The Morgan fingerprint density at radius 1 is 1.53 bits per heavy atom. The smallest absolute Gasteiger partial charge is 0.222 e. The summed E-state index contributed by atoms with van der Waals surface area (Å²) >= 11 is 0. The Kier molecular flexibility index (Phi) is 4.39. The average Bonchev–Trinajstić information content (AvgIpc) is 2.95. The maximum Gasteiger partial charge on any atom is 0.222 e. The van der Waals surface area contributed by atoms with Crippen LogP contribution in [0.25, 0.3) is 0 Å². The zero-order valence-corrected chi connectivity index (χ0v) is 9.42. The molecule has 0 spiro atoms.